The number of fused-ring (bicyclic) bond motifs is 3. The molecule has 3 aromatic carbocycles. The Hall–Kier alpha value is -2.80. The molecular weight excluding hydrogens is 268 g/mol. The lowest BCUT2D eigenvalue weighted by Crippen LogP contribution is -1.85. The van der Waals surface area contributed by atoms with E-state index in [1.54, 1.807) is 7.11 Å². The first-order valence-electron chi connectivity index (χ1n) is 7.34. The maximum absolute atomic E-state index is 5.22. The fourth-order valence-electron chi connectivity index (χ4n) is 2.97. The van der Waals surface area contributed by atoms with Gasteiger partial charge < -0.3 is 4.74 Å². The minimum Gasteiger partial charge on any atom is -0.497 e. The van der Waals surface area contributed by atoms with Crippen LogP contribution in [-0.2, 0) is 0 Å². The van der Waals surface area contributed by atoms with Gasteiger partial charge in [0.25, 0.3) is 0 Å². The number of rotatable bonds is 2. The van der Waals surface area contributed by atoms with Crippen molar-refractivity contribution in [2.45, 2.75) is 0 Å². The molecular formula is C21H15O. The second kappa shape index (κ2) is 5.19. The Balaban J connectivity index is 1.88. The fraction of sp³-hybridized carbons (Fsp3) is 0.0476. The summed E-state index contributed by atoms with van der Waals surface area (Å²) in [6.45, 7) is 0. The van der Waals surface area contributed by atoms with Crippen molar-refractivity contribution in [1.29, 1.82) is 0 Å². The number of methoxy groups -OCH3 is 1. The summed E-state index contributed by atoms with van der Waals surface area (Å²) in [6.07, 6.45) is 3.57. The van der Waals surface area contributed by atoms with Gasteiger partial charge in [-0.05, 0) is 51.6 Å². The fourth-order valence-corrected chi connectivity index (χ4v) is 2.97. The number of hydrogen-bond acceptors (Lipinski definition) is 1. The topological polar surface area (TPSA) is 9.23 Å². The Bertz CT molecular complexity index is 810. The molecule has 0 spiro atoms. The summed E-state index contributed by atoms with van der Waals surface area (Å²) in [6, 6.07) is 25.0. The summed E-state index contributed by atoms with van der Waals surface area (Å²) >= 11 is 0. The van der Waals surface area contributed by atoms with Crippen LogP contribution in [0.15, 0.2) is 72.8 Å². The normalized spacial score (nSPS) is 11.8. The third-order valence-electron chi connectivity index (χ3n) is 4.04. The van der Waals surface area contributed by atoms with Crippen molar-refractivity contribution in [1.82, 2.24) is 0 Å². The number of hydrogen-bond donors (Lipinski definition) is 0. The quantitative estimate of drug-likeness (QED) is 0.505. The molecule has 1 heteroatoms. The molecule has 4 rings (SSSR count). The van der Waals surface area contributed by atoms with Crippen LogP contribution < -0.4 is 4.74 Å². The number of benzene rings is 3. The van der Waals surface area contributed by atoms with Crippen LogP contribution in [0.4, 0.5) is 0 Å². The van der Waals surface area contributed by atoms with Gasteiger partial charge >= 0.3 is 0 Å². The van der Waals surface area contributed by atoms with Crippen LogP contribution in [0.5, 0.6) is 5.75 Å². The molecule has 0 fully saturated rings. The van der Waals surface area contributed by atoms with E-state index in [1.165, 1.54) is 22.3 Å². The molecule has 0 saturated carbocycles. The minimum atomic E-state index is 0.864. The molecule has 0 amide bonds. The molecule has 3 aromatic rings. The van der Waals surface area contributed by atoms with Gasteiger partial charge in [-0.15, -0.1) is 0 Å². The van der Waals surface area contributed by atoms with Crippen molar-refractivity contribution in [3.8, 4) is 16.9 Å². The SMILES string of the molecule is COc1ccc([C]=C2c3ccccc3-c3ccccc32)cc1. The minimum absolute atomic E-state index is 0.864. The highest BCUT2D eigenvalue weighted by atomic mass is 16.5. The van der Waals surface area contributed by atoms with Crippen molar-refractivity contribution in [2.24, 2.45) is 0 Å². The molecule has 1 aliphatic rings. The van der Waals surface area contributed by atoms with Gasteiger partial charge in [-0.2, -0.15) is 0 Å². The average Bonchev–Trinajstić information content (AvgIpc) is 2.90. The molecule has 105 valence electrons. The molecule has 1 nitrogen and oxygen atoms in total. The first-order valence-corrected chi connectivity index (χ1v) is 7.34. The van der Waals surface area contributed by atoms with Crippen molar-refractivity contribution < 1.29 is 4.74 Å². The van der Waals surface area contributed by atoms with Gasteiger partial charge in [-0.1, -0.05) is 60.7 Å². The Morgan fingerprint density at radius 2 is 1.14 bits per heavy atom. The van der Waals surface area contributed by atoms with Gasteiger partial charge in [0, 0.05) is 0 Å². The van der Waals surface area contributed by atoms with Crippen LogP contribution in [-0.4, -0.2) is 7.11 Å². The standard InChI is InChI=1S/C21H15O/c1-22-16-12-10-15(11-13-16)14-21-19-8-4-2-6-17(19)18-7-3-5-9-20(18)21/h2-13H,1H3. The lowest BCUT2D eigenvalue weighted by molar-refractivity contribution is 0.415. The molecule has 0 unspecified atom stereocenters. The third kappa shape index (κ3) is 2.03. The highest BCUT2D eigenvalue weighted by Crippen LogP contribution is 2.43. The van der Waals surface area contributed by atoms with E-state index in [2.05, 4.69) is 54.6 Å². The van der Waals surface area contributed by atoms with Gasteiger partial charge in [0.1, 0.15) is 5.75 Å². The summed E-state index contributed by atoms with van der Waals surface area (Å²) in [5.74, 6) is 0.864. The van der Waals surface area contributed by atoms with Crippen molar-refractivity contribution >= 4 is 5.57 Å². The van der Waals surface area contributed by atoms with Gasteiger partial charge in [0.15, 0.2) is 0 Å². The Morgan fingerprint density at radius 1 is 0.636 bits per heavy atom. The molecule has 0 aromatic heterocycles. The van der Waals surface area contributed by atoms with Gasteiger partial charge in [-0.25, -0.2) is 0 Å². The van der Waals surface area contributed by atoms with Crippen molar-refractivity contribution in [3.05, 3.63) is 95.6 Å². The lowest BCUT2D eigenvalue weighted by Gasteiger charge is -2.03. The summed E-state index contributed by atoms with van der Waals surface area (Å²) in [4.78, 5) is 0. The van der Waals surface area contributed by atoms with E-state index in [4.69, 9.17) is 4.74 Å². The van der Waals surface area contributed by atoms with Crippen LogP contribution in [0.1, 0.15) is 16.7 Å². The Labute approximate surface area is 130 Å². The lowest BCUT2D eigenvalue weighted by atomic mass is 10.0. The second-order valence-electron chi connectivity index (χ2n) is 5.32. The first-order chi connectivity index (χ1) is 10.9. The van der Waals surface area contributed by atoms with E-state index in [1.807, 2.05) is 24.3 Å². The molecule has 0 atom stereocenters. The summed E-state index contributed by atoms with van der Waals surface area (Å²) in [7, 11) is 1.68. The van der Waals surface area contributed by atoms with Gasteiger partial charge in [0.05, 0.1) is 7.11 Å². The molecule has 22 heavy (non-hydrogen) atoms. The van der Waals surface area contributed by atoms with Crippen molar-refractivity contribution in [3.63, 3.8) is 0 Å². The maximum atomic E-state index is 5.22. The highest BCUT2D eigenvalue weighted by Gasteiger charge is 2.22. The smallest absolute Gasteiger partial charge is 0.118 e. The Kier molecular flexibility index (Phi) is 3.05. The molecule has 0 heterocycles. The van der Waals surface area contributed by atoms with E-state index in [-0.39, 0.29) is 0 Å². The zero-order valence-corrected chi connectivity index (χ0v) is 12.3. The monoisotopic (exact) mass is 283 g/mol. The van der Waals surface area contributed by atoms with Crippen molar-refractivity contribution in [2.75, 3.05) is 7.11 Å². The van der Waals surface area contributed by atoms with E-state index in [9.17, 15) is 0 Å². The summed E-state index contributed by atoms with van der Waals surface area (Å²) in [5, 5.41) is 0. The van der Waals surface area contributed by atoms with E-state index < -0.39 is 0 Å². The molecule has 1 radical (unpaired) electrons. The van der Waals surface area contributed by atoms with Gasteiger partial charge in [-0.3, -0.25) is 0 Å². The van der Waals surface area contributed by atoms with Crippen LogP contribution in [0.3, 0.4) is 0 Å². The van der Waals surface area contributed by atoms with E-state index >= 15 is 0 Å². The zero-order valence-electron chi connectivity index (χ0n) is 12.3. The Morgan fingerprint density at radius 3 is 1.64 bits per heavy atom. The molecule has 1 aliphatic carbocycles. The molecule has 0 bridgehead atoms. The zero-order chi connectivity index (χ0) is 14.9. The van der Waals surface area contributed by atoms with E-state index in [0.717, 1.165) is 16.9 Å². The van der Waals surface area contributed by atoms with Crippen LogP contribution in [0.25, 0.3) is 16.7 Å². The average molecular weight is 283 g/mol. The predicted octanol–water partition coefficient (Wildman–Crippen LogP) is 4.96. The first kappa shape index (κ1) is 12.9. The van der Waals surface area contributed by atoms with E-state index in [0.29, 0.717) is 0 Å². The number of ether oxygens (including phenoxy) is 1. The molecule has 0 aliphatic heterocycles. The summed E-state index contributed by atoms with van der Waals surface area (Å²) < 4.78 is 5.22. The highest BCUT2D eigenvalue weighted by molar-refractivity contribution is 6.00. The predicted molar refractivity (Wildman–Crippen MR) is 89.7 cm³/mol. The summed E-state index contributed by atoms with van der Waals surface area (Å²) in [5.41, 5.74) is 7.29. The molecule has 0 N–H and O–H groups in total. The third-order valence-corrected chi connectivity index (χ3v) is 4.04. The largest absolute Gasteiger partial charge is 0.497 e. The van der Waals surface area contributed by atoms with Crippen LogP contribution in [0.2, 0.25) is 0 Å². The maximum Gasteiger partial charge on any atom is 0.118 e. The van der Waals surface area contributed by atoms with Crippen LogP contribution >= 0.6 is 0 Å². The van der Waals surface area contributed by atoms with Gasteiger partial charge in [0.2, 0.25) is 0 Å². The molecule has 0 saturated heterocycles. The second-order valence-corrected chi connectivity index (χ2v) is 5.32. The van der Waals surface area contributed by atoms with Crippen LogP contribution in [0, 0.1) is 6.08 Å².